The zero-order chi connectivity index (χ0) is 13.9. The minimum Gasteiger partial charge on any atom is -0.493 e. The van der Waals surface area contributed by atoms with Gasteiger partial charge in [0.1, 0.15) is 5.75 Å². The van der Waals surface area contributed by atoms with Crippen LogP contribution < -0.4 is 15.4 Å². The molecular weight excluding hydrogens is 256 g/mol. The van der Waals surface area contributed by atoms with Gasteiger partial charge >= 0.3 is 0 Å². The van der Waals surface area contributed by atoms with E-state index < -0.39 is 0 Å². The SMILES string of the molecule is O=C1CCc2ccc(OCCC(=O)NC3CC3)cc2N1. The van der Waals surface area contributed by atoms with Gasteiger partial charge in [0.25, 0.3) is 0 Å². The number of anilines is 1. The van der Waals surface area contributed by atoms with Crippen LogP contribution in [0.4, 0.5) is 5.69 Å². The molecule has 0 aromatic heterocycles. The monoisotopic (exact) mass is 274 g/mol. The molecule has 1 aromatic rings. The number of rotatable bonds is 5. The van der Waals surface area contributed by atoms with Crippen molar-refractivity contribution in [2.24, 2.45) is 0 Å². The van der Waals surface area contributed by atoms with Gasteiger partial charge in [-0.1, -0.05) is 6.07 Å². The Balaban J connectivity index is 1.51. The molecule has 2 amide bonds. The van der Waals surface area contributed by atoms with Crippen molar-refractivity contribution >= 4 is 17.5 Å². The number of amides is 2. The average molecular weight is 274 g/mol. The van der Waals surface area contributed by atoms with Crippen molar-refractivity contribution in [3.63, 3.8) is 0 Å². The molecule has 1 aliphatic heterocycles. The van der Waals surface area contributed by atoms with E-state index in [1.807, 2.05) is 18.2 Å². The summed E-state index contributed by atoms with van der Waals surface area (Å²) in [5.41, 5.74) is 1.95. The molecule has 106 valence electrons. The lowest BCUT2D eigenvalue weighted by Gasteiger charge is -2.17. The molecule has 0 unspecified atom stereocenters. The molecular formula is C15H18N2O3. The van der Waals surface area contributed by atoms with Crippen LogP contribution in [0.25, 0.3) is 0 Å². The highest BCUT2D eigenvalue weighted by molar-refractivity contribution is 5.94. The number of fused-ring (bicyclic) bond motifs is 1. The van der Waals surface area contributed by atoms with Crippen LogP contribution in [0, 0.1) is 0 Å². The topological polar surface area (TPSA) is 67.4 Å². The number of benzene rings is 1. The zero-order valence-corrected chi connectivity index (χ0v) is 11.3. The Bertz CT molecular complexity index is 538. The van der Waals surface area contributed by atoms with Crippen molar-refractivity contribution in [2.75, 3.05) is 11.9 Å². The molecule has 0 radical (unpaired) electrons. The first-order chi connectivity index (χ1) is 9.70. The van der Waals surface area contributed by atoms with Gasteiger partial charge in [-0.15, -0.1) is 0 Å². The smallest absolute Gasteiger partial charge is 0.224 e. The van der Waals surface area contributed by atoms with Gasteiger partial charge in [-0.05, 0) is 30.9 Å². The van der Waals surface area contributed by atoms with Crippen molar-refractivity contribution < 1.29 is 14.3 Å². The van der Waals surface area contributed by atoms with Crippen molar-refractivity contribution in [1.82, 2.24) is 5.32 Å². The molecule has 5 heteroatoms. The van der Waals surface area contributed by atoms with Gasteiger partial charge in [-0.25, -0.2) is 0 Å². The Hall–Kier alpha value is -2.04. The molecule has 3 rings (SSSR count). The van der Waals surface area contributed by atoms with E-state index in [2.05, 4.69) is 10.6 Å². The Labute approximate surface area is 117 Å². The van der Waals surface area contributed by atoms with E-state index in [0.29, 0.717) is 31.2 Å². The third-order valence-electron chi connectivity index (χ3n) is 3.52. The van der Waals surface area contributed by atoms with E-state index in [-0.39, 0.29) is 11.8 Å². The van der Waals surface area contributed by atoms with E-state index in [0.717, 1.165) is 30.5 Å². The summed E-state index contributed by atoms with van der Waals surface area (Å²) in [7, 11) is 0. The molecule has 1 heterocycles. The summed E-state index contributed by atoms with van der Waals surface area (Å²) >= 11 is 0. The fourth-order valence-electron chi connectivity index (χ4n) is 2.23. The van der Waals surface area contributed by atoms with Crippen LogP contribution in [0.2, 0.25) is 0 Å². The molecule has 0 saturated heterocycles. The number of hydrogen-bond donors (Lipinski definition) is 2. The van der Waals surface area contributed by atoms with Crippen molar-refractivity contribution in [3.05, 3.63) is 23.8 Å². The van der Waals surface area contributed by atoms with Gasteiger partial charge in [-0.3, -0.25) is 9.59 Å². The minimum absolute atomic E-state index is 0.0402. The normalized spacial score (nSPS) is 17.1. The van der Waals surface area contributed by atoms with E-state index in [9.17, 15) is 9.59 Å². The maximum Gasteiger partial charge on any atom is 0.224 e. The predicted octanol–water partition coefficient (Wildman–Crippen LogP) is 1.62. The maximum absolute atomic E-state index is 11.5. The molecule has 2 N–H and O–H groups in total. The predicted molar refractivity (Wildman–Crippen MR) is 74.7 cm³/mol. The van der Waals surface area contributed by atoms with Gasteiger partial charge in [0.05, 0.1) is 13.0 Å². The van der Waals surface area contributed by atoms with E-state index >= 15 is 0 Å². The maximum atomic E-state index is 11.5. The Morgan fingerprint density at radius 1 is 1.35 bits per heavy atom. The first-order valence-electron chi connectivity index (χ1n) is 7.05. The Morgan fingerprint density at radius 2 is 2.20 bits per heavy atom. The molecule has 1 fully saturated rings. The van der Waals surface area contributed by atoms with Crippen LogP contribution in [-0.2, 0) is 16.0 Å². The fraction of sp³-hybridized carbons (Fsp3) is 0.467. The standard InChI is InChI=1S/C15H18N2O3/c18-14-6-2-10-1-5-12(9-13(10)17-14)20-8-7-15(19)16-11-3-4-11/h1,5,9,11H,2-4,6-8H2,(H,16,19)(H,17,18). The second-order valence-corrected chi connectivity index (χ2v) is 5.31. The average Bonchev–Trinajstić information content (AvgIpc) is 3.22. The first kappa shape index (κ1) is 13.0. The third kappa shape index (κ3) is 3.29. The third-order valence-corrected chi connectivity index (χ3v) is 3.52. The number of hydrogen-bond acceptors (Lipinski definition) is 3. The minimum atomic E-state index is 0.0402. The summed E-state index contributed by atoms with van der Waals surface area (Å²) in [6.07, 6.45) is 3.86. The van der Waals surface area contributed by atoms with Crippen LogP contribution in [-0.4, -0.2) is 24.5 Å². The molecule has 1 saturated carbocycles. The molecule has 1 aromatic carbocycles. The summed E-state index contributed by atoms with van der Waals surface area (Å²) in [5.74, 6) is 0.766. The quantitative estimate of drug-likeness (QED) is 0.857. The highest BCUT2D eigenvalue weighted by Gasteiger charge is 2.22. The first-order valence-corrected chi connectivity index (χ1v) is 7.05. The largest absolute Gasteiger partial charge is 0.493 e. The summed E-state index contributed by atoms with van der Waals surface area (Å²) in [5, 5.41) is 5.76. The number of ether oxygens (including phenoxy) is 1. The summed E-state index contributed by atoms with van der Waals surface area (Å²) in [6.45, 7) is 0.352. The summed E-state index contributed by atoms with van der Waals surface area (Å²) in [6, 6.07) is 6.07. The fourth-order valence-corrected chi connectivity index (χ4v) is 2.23. The number of nitrogens with one attached hydrogen (secondary N) is 2. The Morgan fingerprint density at radius 3 is 3.00 bits per heavy atom. The van der Waals surface area contributed by atoms with Crippen molar-refractivity contribution in [1.29, 1.82) is 0 Å². The molecule has 5 nitrogen and oxygen atoms in total. The second-order valence-electron chi connectivity index (χ2n) is 5.31. The van der Waals surface area contributed by atoms with E-state index in [1.54, 1.807) is 0 Å². The molecule has 0 bridgehead atoms. The number of carbonyl (C=O) groups excluding carboxylic acids is 2. The molecule has 1 aliphatic carbocycles. The van der Waals surface area contributed by atoms with Gasteiger partial charge in [-0.2, -0.15) is 0 Å². The number of carbonyl (C=O) groups is 2. The van der Waals surface area contributed by atoms with Crippen LogP contribution in [0.1, 0.15) is 31.2 Å². The lowest BCUT2D eigenvalue weighted by Crippen LogP contribution is -2.26. The van der Waals surface area contributed by atoms with E-state index in [1.165, 1.54) is 0 Å². The van der Waals surface area contributed by atoms with Gasteiger partial charge in [0, 0.05) is 24.2 Å². The zero-order valence-electron chi connectivity index (χ0n) is 11.3. The van der Waals surface area contributed by atoms with Crippen molar-refractivity contribution in [2.45, 2.75) is 38.1 Å². The van der Waals surface area contributed by atoms with E-state index in [4.69, 9.17) is 4.74 Å². The van der Waals surface area contributed by atoms with Crippen LogP contribution in [0.3, 0.4) is 0 Å². The van der Waals surface area contributed by atoms with Crippen molar-refractivity contribution in [3.8, 4) is 5.75 Å². The van der Waals surface area contributed by atoms with Gasteiger partial charge in [0.2, 0.25) is 11.8 Å². The molecule has 0 spiro atoms. The van der Waals surface area contributed by atoms with Crippen LogP contribution >= 0.6 is 0 Å². The molecule has 20 heavy (non-hydrogen) atoms. The highest BCUT2D eigenvalue weighted by Crippen LogP contribution is 2.27. The summed E-state index contributed by atoms with van der Waals surface area (Å²) < 4.78 is 5.57. The lowest BCUT2D eigenvalue weighted by molar-refractivity contribution is -0.121. The lowest BCUT2D eigenvalue weighted by atomic mass is 10.0. The van der Waals surface area contributed by atoms with Crippen LogP contribution in [0.5, 0.6) is 5.75 Å². The van der Waals surface area contributed by atoms with Gasteiger partial charge < -0.3 is 15.4 Å². The second kappa shape index (κ2) is 5.53. The summed E-state index contributed by atoms with van der Waals surface area (Å²) in [4.78, 5) is 22.9. The molecule has 0 atom stereocenters. The number of aryl methyl sites for hydroxylation is 1. The highest BCUT2D eigenvalue weighted by atomic mass is 16.5. The Kier molecular flexibility index (Phi) is 3.58. The van der Waals surface area contributed by atoms with Crippen LogP contribution in [0.15, 0.2) is 18.2 Å². The molecule has 2 aliphatic rings. The van der Waals surface area contributed by atoms with Gasteiger partial charge in [0.15, 0.2) is 0 Å².